The van der Waals surface area contributed by atoms with Gasteiger partial charge in [-0.25, -0.2) is 0 Å². The van der Waals surface area contributed by atoms with Crippen LogP contribution in [0.2, 0.25) is 0 Å². The van der Waals surface area contributed by atoms with E-state index in [4.69, 9.17) is 0 Å². The molecule has 5 nitrogen and oxygen atoms in total. The minimum absolute atomic E-state index is 0.131. The summed E-state index contributed by atoms with van der Waals surface area (Å²) in [6.07, 6.45) is 0. The minimum atomic E-state index is -0.131. The molecular weight excluding hydrogens is 372 g/mol. The van der Waals surface area contributed by atoms with E-state index in [9.17, 15) is 4.79 Å². The van der Waals surface area contributed by atoms with Crippen LogP contribution < -0.4 is 5.32 Å². The molecule has 5 rings (SSSR count). The van der Waals surface area contributed by atoms with Crippen molar-refractivity contribution in [2.75, 3.05) is 5.32 Å². The Morgan fingerprint density at radius 2 is 1.63 bits per heavy atom. The molecule has 0 radical (unpaired) electrons. The van der Waals surface area contributed by atoms with E-state index in [0.29, 0.717) is 11.3 Å². The highest BCUT2D eigenvalue weighted by molar-refractivity contribution is 6.06. The second-order valence-corrected chi connectivity index (χ2v) is 7.46. The topological polar surface area (TPSA) is 59.8 Å². The largest absolute Gasteiger partial charge is 0.322 e. The molecule has 1 heterocycles. The number of nitrogens with one attached hydrogen (secondary N) is 1. The zero-order valence-electron chi connectivity index (χ0n) is 16.8. The van der Waals surface area contributed by atoms with Crippen LogP contribution in [0.4, 0.5) is 5.69 Å². The third kappa shape index (κ3) is 3.20. The molecule has 0 aliphatic carbocycles. The molecule has 5 heteroatoms. The summed E-state index contributed by atoms with van der Waals surface area (Å²) in [6, 6.07) is 25.6. The first-order valence-corrected chi connectivity index (χ1v) is 9.82. The highest BCUT2D eigenvalue weighted by atomic mass is 16.1. The lowest BCUT2D eigenvalue weighted by molar-refractivity contribution is 0.102. The molecule has 0 fully saturated rings. The lowest BCUT2D eigenvalue weighted by atomic mass is 10.1. The molecule has 1 aromatic heterocycles. The number of nitrogens with zero attached hydrogens (tertiary/aromatic N) is 3. The zero-order chi connectivity index (χ0) is 20.7. The third-order valence-corrected chi connectivity index (χ3v) is 5.25. The molecule has 0 saturated heterocycles. The van der Waals surface area contributed by atoms with E-state index in [1.807, 2.05) is 74.5 Å². The Balaban J connectivity index is 1.49. The van der Waals surface area contributed by atoms with Crippen molar-refractivity contribution in [2.24, 2.45) is 0 Å². The Hall–Kier alpha value is -3.99. The Morgan fingerprint density at radius 1 is 0.833 bits per heavy atom. The van der Waals surface area contributed by atoms with Crippen molar-refractivity contribution in [2.45, 2.75) is 13.8 Å². The molecule has 0 atom stereocenters. The van der Waals surface area contributed by atoms with Crippen LogP contribution in [0.3, 0.4) is 0 Å². The fourth-order valence-corrected chi connectivity index (χ4v) is 3.75. The fraction of sp³-hybridized carbons (Fsp3) is 0.0800. The van der Waals surface area contributed by atoms with Gasteiger partial charge in [-0.1, -0.05) is 54.1 Å². The van der Waals surface area contributed by atoms with Crippen LogP contribution in [0.5, 0.6) is 0 Å². The summed E-state index contributed by atoms with van der Waals surface area (Å²) in [5.74, 6) is -0.131. The number of rotatable bonds is 3. The fourth-order valence-electron chi connectivity index (χ4n) is 3.75. The van der Waals surface area contributed by atoms with Crippen molar-refractivity contribution >= 4 is 33.4 Å². The molecule has 30 heavy (non-hydrogen) atoms. The second kappa shape index (κ2) is 7.12. The van der Waals surface area contributed by atoms with Gasteiger partial charge in [0.05, 0.1) is 5.69 Å². The number of hydrogen-bond donors (Lipinski definition) is 1. The summed E-state index contributed by atoms with van der Waals surface area (Å²) in [7, 11) is 0. The molecule has 0 aliphatic heterocycles. The van der Waals surface area contributed by atoms with Gasteiger partial charge >= 0.3 is 0 Å². The van der Waals surface area contributed by atoms with Gasteiger partial charge in [-0.05, 0) is 55.1 Å². The highest BCUT2D eigenvalue weighted by Crippen LogP contribution is 2.23. The Morgan fingerprint density at radius 3 is 2.50 bits per heavy atom. The standard InChI is InChI=1S/C25H20N4O/c1-16-10-12-20(17(2)14-16)25(30)26-19-11-13-22-23(15-19)28-29(27-22)24-9-5-7-18-6-3-4-8-21(18)24/h3-15H,1-2H3,(H,26,30). The minimum Gasteiger partial charge on any atom is -0.322 e. The molecule has 146 valence electrons. The number of hydrogen-bond acceptors (Lipinski definition) is 3. The Labute approximate surface area is 174 Å². The van der Waals surface area contributed by atoms with Crippen molar-refractivity contribution in [3.05, 3.63) is 95.6 Å². The van der Waals surface area contributed by atoms with Crippen LogP contribution >= 0.6 is 0 Å². The average molecular weight is 392 g/mol. The van der Waals surface area contributed by atoms with Crippen molar-refractivity contribution in [1.29, 1.82) is 0 Å². The lowest BCUT2D eigenvalue weighted by Crippen LogP contribution is -2.13. The SMILES string of the molecule is Cc1ccc(C(=O)Nc2ccc3nn(-c4cccc5ccccc45)nc3c2)c(C)c1. The van der Waals surface area contributed by atoms with E-state index in [-0.39, 0.29) is 5.91 Å². The summed E-state index contributed by atoms with van der Waals surface area (Å²) >= 11 is 0. The zero-order valence-corrected chi connectivity index (χ0v) is 16.8. The summed E-state index contributed by atoms with van der Waals surface area (Å²) in [5.41, 5.74) is 5.86. The molecule has 1 amide bonds. The predicted molar refractivity (Wildman–Crippen MR) is 120 cm³/mol. The summed E-state index contributed by atoms with van der Waals surface area (Å²) < 4.78 is 0. The number of carbonyl (C=O) groups is 1. The van der Waals surface area contributed by atoms with Gasteiger partial charge in [0, 0.05) is 16.6 Å². The van der Waals surface area contributed by atoms with Crippen molar-refractivity contribution < 1.29 is 4.79 Å². The molecule has 4 aromatic carbocycles. The Bertz CT molecular complexity index is 1410. The van der Waals surface area contributed by atoms with E-state index >= 15 is 0 Å². The Kier molecular flexibility index (Phi) is 4.29. The molecule has 0 saturated carbocycles. The molecule has 0 unspecified atom stereocenters. The monoisotopic (exact) mass is 392 g/mol. The van der Waals surface area contributed by atoms with Gasteiger partial charge in [0.25, 0.3) is 5.91 Å². The molecule has 5 aromatic rings. The molecule has 0 aliphatic rings. The molecule has 1 N–H and O–H groups in total. The summed E-state index contributed by atoms with van der Waals surface area (Å²) in [6.45, 7) is 3.96. The van der Waals surface area contributed by atoms with Crippen LogP contribution in [0, 0.1) is 13.8 Å². The first-order chi connectivity index (χ1) is 14.6. The van der Waals surface area contributed by atoms with Gasteiger partial charge < -0.3 is 5.32 Å². The van der Waals surface area contributed by atoms with E-state index in [1.165, 1.54) is 0 Å². The first kappa shape index (κ1) is 18.1. The number of anilines is 1. The number of carbonyl (C=O) groups excluding carboxylic acids is 1. The summed E-state index contributed by atoms with van der Waals surface area (Å²) in [5, 5.41) is 14.5. The van der Waals surface area contributed by atoms with Crippen LogP contribution in [0.1, 0.15) is 21.5 Å². The summed E-state index contributed by atoms with van der Waals surface area (Å²) in [4.78, 5) is 14.4. The number of aromatic nitrogens is 3. The predicted octanol–water partition coefficient (Wildman–Crippen LogP) is 5.44. The normalized spacial score (nSPS) is 11.1. The van der Waals surface area contributed by atoms with Gasteiger partial charge in [-0.3, -0.25) is 4.79 Å². The van der Waals surface area contributed by atoms with Crippen LogP contribution in [0.25, 0.3) is 27.5 Å². The van der Waals surface area contributed by atoms with Crippen LogP contribution in [-0.4, -0.2) is 20.9 Å². The first-order valence-electron chi connectivity index (χ1n) is 9.82. The van der Waals surface area contributed by atoms with Crippen molar-refractivity contribution in [3.8, 4) is 5.69 Å². The van der Waals surface area contributed by atoms with E-state index < -0.39 is 0 Å². The maximum absolute atomic E-state index is 12.7. The van der Waals surface area contributed by atoms with Gasteiger partial charge in [-0.2, -0.15) is 0 Å². The number of aryl methyl sites for hydroxylation is 2. The maximum Gasteiger partial charge on any atom is 0.255 e. The van der Waals surface area contributed by atoms with E-state index in [2.05, 4.69) is 33.7 Å². The van der Waals surface area contributed by atoms with Crippen molar-refractivity contribution in [3.63, 3.8) is 0 Å². The van der Waals surface area contributed by atoms with Gasteiger partial charge in [0.1, 0.15) is 11.0 Å². The van der Waals surface area contributed by atoms with E-state index in [0.717, 1.165) is 38.6 Å². The third-order valence-electron chi connectivity index (χ3n) is 5.25. The smallest absolute Gasteiger partial charge is 0.255 e. The van der Waals surface area contributed by atoms with Gasteiger partial charge in [0.15, 0.2) is 0 Å². The average Bonchev–Trinajstić information content (AvgIpc) is 3.16. The van der Waals surface area contributed by atoms with Gasteiger partial charge in [0.2, 0.25) is 0 Å². The van der Waals surface area contributed by atoms with Crippen molar-refractivity contribution in [1.82, 2.24) is 15.0 Å². The number of fused-ring (bicyclic) bond motifs is 2. The number of amides is 1. The quantitative estimate of drug-likeness (QED) is 0.445. The molecule has 0 bridgehead atoms. The van der Waals surface area contributed by atoms with Gasteiger partial charge in [-0.15, -0.1) is 15.0 Å². The number of benzene rings is 4. The highest BCUT2D eigenvalue weighted by Gasteiger charge is 2.12. The van der Waals surface area contributed by atoms with E-state index in [1.54, 1.807) is 4.80 Å². The maximum atomic E-state index is 12.7. The van der Waals surface area contributed by atoms with Crippen LogP contribution in [0.15, 0.2) is 78.9 Å². The van der Waals surface area contributed by atoms with Crippen LogP contribution in [-0.2, 0) is 0 Å². The second-order valence-electron chi connectivity index (χ2n) is 7.46. The molecular formula is C25H20N4O. The molecule has 0 spiro atoms. The lowest BCUT2D eigenvalue weighted by Gasteiger charge is -2.08.